The number of anilines is 1. The smallest absolute Gasteiger partial charge is 0.258 e. The van der Waals surface area contributed by atoms with Gasteiger partial charge in [0.1, 0.15) is 5.75 Å². The standard InChI is InChI=1S/C35H51N3O7S/c1-25-22-38(26(2)24-39)35(41)31-21-29(36-34(40)28-14-7-5-8-15-28)18-19-32(31)45-27(3)13-11-12-20-44-33(25)23-37(4)46(42,43)30-16-9-6-10-17-30/h6,9-10,16-19,21,25-28,33,39H,5,7-8,11-15,20,22-24H2,1-4H3,(H,36,40)/t25-,26+,27-,33+/m1/s1. The Kier molecular flexibility index (Phi) is 13.0. The number of hydrogen-bond donors (Lipinski definition) is 2. The van der Waals surface area contributed by atoms with E-state index in [-0.39, 0.29) is 54.3 Å². The number of hydrogen-bond acceptors (Lipinski definition) is 7. The molecule has 254 valence electrons. The van der Waals surface area contributed by atoms with Gasteiger partial charge in [0.05, 0.1) is 35.3 Å². The van der Waals surface area contributed by atoms with E-state index in [1.54, 1.807) is 67.4 Å². The van der Waals surface area contributed by atoms with Crippen molar-refractivity contribution in [3.63, 3.8) is 0 Å². The molecular weight excluding hydrogens is 606 g/mol. The first-order chi connectivity index (χ1) is 22.0. The highest BCUT2D eigenvalue weighted by Gasteiger charge is 2.32. The molecule has 0 unspecified atom stereocenters. The van der Waals surface area contributed by atoms with E-state index in [0.29, 0.717) is 23.6 Å². The number of likely N-dealkylation sites (N-methyl/N-ethyl adjacent to an activating group) is 1. The molecule has 2 N–H and O–H groups in total. The summed E-state index contributed by atoms with van der Waals surface area (Å²) in [6.07, 6.45) is 6.58. The maximum absolute atomic E-state index is 14.3. The molecule has 0 bridgehead atoms. The highest BCUT2D eigenvalue weighted by Crippen LogP contribution is 2.30. The number of ether oxygens (including phenoxy) is 2. The van der Waals surface area contributed by atoms with Crippen LogP contribution in [0.4, 0.5) is 5.69 Å². The van der Waals surface area contributed by atoms with Crippen molar-refractivity contribution in [1.82, 2.24) is 9.21 Å². The summed E-state index contributed by atoms with van der Waals surface area (Å²) in [5.41, 5.74) is 0.831. The minimum atomic E-state index is -3.76. The molecule has 2 aromatic carbocycles. The van der Waals surface area contributed by atoms with Gasteiger partial charge in [-0.1, -0.05) is 44.4 Å². The molecule has 2 aromatic rings. The van der Waals surface area contributed by atoms with Gasteiger partial charge in [-0.3, -0.25) is 9.59 Å². The molecule has 46 heavy (non-hydrogen) atoms. The van der Waals surface area contributed by atoms with E-state index < -0.39 is 22.2 Å². The lowest BCUT2D eigenvalue weighted by Gasteiger charge is -2.35. The maximum atomic E-state index is 14.3. The van der Waals surface area contributed by atoms with Crippen molar-refractivity contribution >= 4 is 27.5 Å². The average molecular weight is 658 g/mol. The van der Waals surface area contributed by atoms with Gasteiger partial charge >= 0.3 is 0 Å². The molecule has 1 fully saturated rings. The number of aliphatic hydroxyl groups is 1. The van der Waals surface area contributed by atoms with E-state index in [2.05, 4.69) is 5.32 Å². The fourth-order valence-corrected chi connectivity index (χ4v) is 7.40. The zero-order chi connectivity index (χ0) is 33.3. The Balaban J connectivity index is 1.63. The number of amides is 2. The summed E-state index contributed by atoms with van der Waals surface area (Å²) in [6.45, 7) is 6.14. The van der Waals surface area contributed by atoms with Crippen molar-refractivity contribution in [2.24, 2.45) is 11.8 Å². The topological polar surface area (TPSA) is 125 Å². The van der Waals surface area contributed by atoms with Crippen LogP contribution in [0.3, 0.4) is 0 Å². The molecular formula is C35H51N3O7S. The Morgan fingerprint density at radius 3 is 2.43 bits per heavy atom. The van der Waals surface area contributed by atoms with Gasteiger partial charge in [0, 0.05) is 44.3 Å². The van der Waals surface area contributed by atoms with Crippen LogP contribution in [-0.2, 0) is 19.6 Å². The van der Waals surface area contributed by atoms with Crippen LogP contribution in [-0.4, -0.2) is 86.1 Å². The summed E-state index contributed by atoms with van der Waals surface area (Å²) < 4.78 is 40.6. The Morgan fingerprint density at radius 1 is 1.04 bits per heavy atom. The minimum absolute atomic E-state index is 0.0361. The second-order valence-corrected chi connectivity index (χ2v) is 15.0. The molecule has 4 atom stereocenters. The maximum Gasteiger partial charge on any atom is 0.258 e. The molecule has 1 aliphatic heterocycles. The molecule has 1 aliphatic carbocycles. The minimum Gasteiger partial charge on any atom is -0.490 e. The lowest BCUT2D eigenvalue weighted by Crippen LogP contribution is -2.48. The second kappa shape index (κ2) is 16.7. The highest BCUT2D eigenvalue weighted by molar-refractivity contribution is 7.89. The third-order valence-electron chi connectivity index (χ3n) is 9.18. The van der Waals surface area contributed by atoms with Gasteiger partial charge in [-0.25, -0.2) is 8.42 Å². The summed E-state index contributed by atoms with van der Waals surface area (Å²) in [5, 5.41) is 13.2. The molecule has 10 nitrogen and oxygen atoms in total. The van der Waals surface area contributed by atoms with Crippen LogP contribution in [0, 0.1) is 11.8 Å². The number of carbonyl (C=O) groups excluding carboxylic acids is 2. The lowest BCUT2D eigenvalue weighted by atomic mass is 9.88. The molecule has 2 amide bonds. The fourth-order valence-electron chi connectivity index (χ4n) is 6.20. The van der Waals surface area contributed by atoms with Gasteiger partial charge in [-0.05, 0) is 76.3 Å². The summed E-state index contributed by atoms with van der Waals surface area (Å²) >= 11 is 0. The van der Waals surface area contributed by atoms with Crippen LogP contribution < -0.4 is 10.1 Å². The number of rotatable bonds is 8. The van der Waals surface area contributed by atoms with Crippen molar-refractivity contribution in [2.75, 3.05) is 38.7 Å². The van der Waals surface area contributed by atoms with Crippen LogP contribution in [0.5, 0.6) is 5.75 Å². The highest BCUT2D eigenvalue weighted by atomic mass is 32.2. The summed E-state index contributed by atoms with van der Waals surface area (Å²) in [4.78, 5) is 29.2. The number of nitrogens with one attached hydrogen (secondary N) is 1. The van der Waals surface area contributed by atoms with Crippen molar-refractivity contribution in [3.8, 4) is 5.75 Å². The third kappa shape index (κ3) is 9.30. The van der Waals surface area contributed by atoms with Crippen LogP contribution >= 0.6 is 0 Å². The number of benzene rings is 2. The lowest BCUT2D eigenvalue weighted by molar-refractivity contribution is -0.120. The number of sulfonamides is 1. The van der Waals surface area contributed by atoms with E-state index in [1.807, 2.05) is 13.8 Å². The first kappa shape index (κ1) is 35.9. The van der Waals surface area contributed by atoms with Crippen molar-refractivity contribution in [3.05, 3.63) is 54.1 Å². The molecule has 0 radical (unpaired) electrons. The van der Waals surface area contributed by atoms with Crippen LogP contribution in [0.15, 0.2) is 53.4 Å². The third-order valence-corrected chi connectivity index (χ3v) is 11.0. The number of nitrogens with zero attached hydrogens (tertiary/aromatic N) is 2. The number of fused-ring (bicyclic) bond motifs is 1. The van der Waals surface area contributed by atoms with Crippen LogP contribution in [0.25, 0.3) is 0 Å². The Morgan fingerprint density at radius 2 is 1.74 bits per heavy atom. The predicted molar refractivity (Wildman–Crippen MR) is 178 cm³/mol. The van der Waals surface area contributed by atoms with E-state index in [0.717, 1.165) is 51.4 Å². The van der Waals surface area contributed by atoms with Crippen molar-refractivity contribution < 1.29 is 32.6 Å². The van der Waals surface area contributed by atoms with Gasteiger partial charge in [-0.2, -0.15) is 4.31 Å². The number of carbonyl (C=O) groups is 2. The predicted octanol–water partition coefficient (Wildman–Crippen LogP) is 5.32. The van der Waals surface area contributed by atoms with Gasteiger partial charge in [0.25, 0.3) is 5.91 Å². The SMILES string of the molecule is C[C@@H]1CCCCO[C@@H](CN(C)S(=O)(=O)c2ccccc2)[C@H](C)CN([C@@H](C)CO)C(=O)c2cc(NC(=O)C3CCCCC3)ccc2O1. The molecule has 4 rings (SSSR count). The molecule has 11 heteroatoms. The van der Waals surface area contributed by atoms with Crippen LogP contribution in [0.2, 0.25) is 0 Å². The molecule has 1 heterocycles. The molecule has 1 saturated carbocycles. The van der Waals surface area contributed by atoms with E-state index >= 15 is 0 Å². The Hall–Kier alpha value is -2.99. The number of aliphatic hydroxyl groups excluding tert-OH is 1. The average Bonchev–Trinajstić information content (AvgIpc) is 3.06. The van der Waals surface area contributed by atoms with Gasteiger partial charge in [-0.15, -0.1) is 0 Å². The quantitative estimate of drug-likeness (QED) is 0.394. The van der Waals surface area contributed by atoms with E-state index in [4.69, 9.17) is 9.47 Å². The zero-order valence-electron chi connectivity index (χ0n) is 27.7. The molecule has 0 spiro atoms. The molecule has 2 aliphatic rings. The Labute approximate surface area is 274 Å². The first-order valence-electron chi connectivity index (χ1n) is 16.7. The summed E-state index contributed by atoms with van der Waals surface area (Å²) in [7, 11) is -2.21. The first-order valence-corrected chi connectivity index (χ1v) is 18.1. The van der Waals surface area contributed by atoms with E-state index in [9.17, 15) is 23.1 Å². The zero-order valence-corrected chi connectivity index (χ0v) is 28.5. The Bertz CT molecular complexity index is 1400. The summed E-state index contributed by atoms with van der Waals surface area (Å²) in [6, 6.07) is 12.9. The van der Waals surface area contributed by atoms with Crippen molar-refractivity contribution in [2.45, 2.75) is 95.3 Å². The fraction of sp³-hybridized carbons (Fsp3) is 0.600. The summed E-state index contributed by atoms with van der Waals surface area (Å²) in [5.74, 6) is -0.278. The van der Waals surface area contributed by atoms with E-state index in [1.165, 1.54) is 4.31 Å². The van der Waals surface area contributed by atoms with Gasteiger partial charge < -0.3 is 24.8 Å². The second-order valence-electron chi connectivity index (χ2n) is 12.9. The normalized spacial score (nSPS) is 23.2. The van der Waals surface area contributed by atoms with Crippen LogP contribution in [0.1, 0.15) is 82.5 Å². The largest absolute Gasteiger partial charge is 0.490 e. The van der Waals surface area contributed by atoms with Gasteiger partial charge in [0.2, 0.25) is 15.9 Å². The molecule has 0 aromatic heterocycles. The molecule has 0 saturated heterocycles. The van der Waals surface area contributed by atoms with Crippen molar-refractivity contribution in [1.29, 1.82) is 0 Å². The monoisotopic (exact) mass is 657 g/mol. The van der Waals surface area contributed by atoms with Gasteiger partial charge in [0.15, 0.2) is 0 Å².